The van der Waals surface area contributed by atoms with E-state index in [-0.39, 0.29) is 19.5 Å². The Labute approximate surface area is 62.4 Å². The van der Waals surface area contributed by atoms with E-state index in [4.69, 9.17) is 11.6 Å². The fraction of sp³-hybridized carbons (Fsp3) is 1.00. The first-order valence-electron chi connectivity index (χ1n) is 2.53. The van der Waals surface area contributed by atoms with Crippen molar-refractivity contribution in [1.29, 1.82) is 0 Å². The van der Waals surface area contributed by atoms with Crippen LogP contribution in [0.15, 0.2) is 0 Å². The molecule has 0 amide bonds. The van der Waals surface area contributed by atoms with Gasteiger partial charge in [0.25, 0.3) is 0 Å². The van der Waals surface area contributed by atoms with Gasteiger partial charge in [0.2, 0.25) is 0 Å². The zero-order valence-electron chi connectivity index (χ0n) is 4.49. The van der Waals surface area contributed by atoms with Crippen LogP contribution in [0.2, 0.25) is 0 Å². The van der Waals surface area contributed by atoms with Gasteiger partial charge in [-0.1, -0.05) is 12.8 Å². The molecule has 1 aliphatic rings. The third-order valence-electron chi connectivity index (χ3n) is 1.28. The van der Waals surface area contributed by atoms with Crippen LogP contribution < -0.4 is 0 Å². The maximum Gasteiger partial charge on any atom is 0.0336 e. The number of halogens is 1. The van der Waals surface area contributed by atoms with E-state index in [0.717, 1.165) is 0 Å². The number of rotatable bonds is 0. The van der Waals surface area contributed by atoms with Crippen LogP contribution in [0.25, 0.3) is 0 Å². The van der Waals surface area contributed by atoms with Crippen molar-refractivity contribution in [2.24, 2.45) is 0 Å². The van der Waals surface area contributed by atoms with Crippen LogP contribution in [0.3, 0.4) is 0 Å². The molecule has 38 valence electrons. The van der Waals surface area contributed by atoms with Crippen molar-refractivity contribution >= 4 is 11.6 Å². The van der Waals surface area contributed by atoms with E-state index in [1.165, 1.54) is 25.7 Å². The van der Waals surface area contributed by atoms with Crippen LogP contribution >= 0.6 is 11.6 Å². The fourth-order valence-corrected chi connectivity index (χ4v) is 1.18. The minimum atomic E-state index is 0. The van der Waals surface area contributed by atoms with Crippen molar-refractivity contribution in [2.45, 2.75) is 31.1 Å². The molecule has 0 unspecified atom stereocenters. The molecule has 0 aromatic rings. The SMILES string of the molecule is ClC1CCCC1.[Zn]. The second kappa shape index (κ2) is 3.86. The molecule has 0 bridgehead atoms. The molecule has 0 saturated heterocycles. The predicted molar refractivity (Wildman–Crippen MR) is 28.1 cm³/mol. The minimum absolute atomic E-state index is 0. The summed E-state index contributed by atoms with van der Waals surface area (Å²) in [6.45, 7) is 0. The molecule has 1 saturated carbocycles. The van der Waals surface area contributed by atoms with Crippen LogP contribution in [-0.4, -0.2) is 5.38 Å². The van der Waals surface area contributed by atoms with Gasteiger partial charge in [0.05, 0.1) is 0 Å². The van der Waals surface area contributed by atoms with Crippen LogP contribution in [0.5, 0.6) is 0 Å². The van der Waals surface area contributed by atoms with Crippen LogP contribution in [0.1, 0.15) is 25.7 Å². The summed E-state index contributed by atoms with van der Waals surface area (Å²) in [7, 11) is 0. The standard InChI is InChI=1S/C5H9Cl.Zn/c6-5-3-1-2-4-5;/h5H,1-4H2;. The molecule has 0 spiro atoms. The third kappa shape index (κ3) is 2.67. The van der Waals surface area contributed by atoms with Gasteiger partial charge in [0.15, 0.2) is 0 Å². The van der Waals surface area contributed by atoms with Crippen molar-refractivity contribution in [3.8, 4) is 0 Å². The quantitative estimate of drug-likeness (QED) is 0.386. The van der Waals surface area contributed by atoms with Crippen molar-refractivity contribution in [3.05, 3.63) is 0 Å². The molecule has 0 radical (unpaired) electrons. The Morgan fingerprint density at radius 1 is 1.14 bits per heavy atom. The molecule has 0 aromatic heterocycles. The van der Waals surface area contributed by atoms with Gasteiger partial charge in [0.1, 0.15) is 0 Å². The molecular weight excluding hydrogens is 161 g/mol. The molecule has 0 heterocycles. The van der Waals surface area contributed by atoms with Gasteiger partial charge in [-0.3, -0.25) is 0 Å². The van der Waals surface area contributed by atoms with Crippen molar-refractivity contribution in [3.63, 3.8) is 0 Å². The molecule has 0 N–H and O–H groups in total. The smallest absolute Gasteiger partial charge is 0.0336 e. The van der Waals surface area contributed by atoms with Gasteiger partial charge in [-0.2, -0.15) is 0 Å². The van der Waals surface area contributed by atoms with E-state index in [9.17, 15) is 0 Å². The van der Waals surface area contributed by atoms with Crippen LogP contribution in [0.4, 0.5) is 0 Å². The summed E-state index contributed by atoms with van der Waals surface area (Å²) in [4.78, 5) is 0. The van der Waals surface area contributed by atoms with E-state index in [1.54, 1.807) is 0 Å². The Morgan fingerprint density at radius 3 is 1.71 bits per heavy atom. The topological polar surface area (TPSA) is 0 Å². The van der Waals surface area contributed by atoms with Gasteiger partial charge in [0, 0.05) is 24.9 Å². The van der Waals surface area contributed by atoms with Gasteiger partial charge in [-0.15, -0.1) is 11.6 Å². The van der Waals surface area contributed by atoms with Crippen LogP contribution in [-0.2, 0) is 19.5 Å². The summed E-state index contributed by atoms with van der Waals surface area (Å²) in [6.07, 6.45) is 5.21. The largest absolute Gasteiger partial charge is 0.123 e. The number of alkyl halides is 1. The average Bonchev–Trinajstić information content (AvgIpc) is 1.86. The fourth-order valence-electron chi connectivity index (χ4n) is 0.876. The Balaban J connectivity index is 0.000000360. The maximum absolute atomic E-state index is 5.71. The first-order chi connectivity index (χ1) is 2.89. The van der Waals surface area contributed by atoms with E-state index in [1.807, 2.05) is 0 Å². The zero-order valence-corrected chi connectivity index (χ0v) is 8.21. The Kier molecular flexibility index (Phi) is 4.36. The number of hydrogen-bond donors (Lipinski definition) is 0. The molecule has 0 atom stereocenters. The van der Waals surface area contributed by atoms with Crippen LogP contribution in [0, 0.1) is 0 Å². The maximum atomic E-state index is 5.71. The van der Waals surface area contributed by atoms with E-state index in [2.05, 4.69) is 0 Å². The third-order valence-corrected chi connectivity index (χ3v) is 1.72. The second-order valence-corrected chi connectivity index (χ2v) is 2.50. The van der Waals surface area contributed by atoms with Gasteiger partial charge in [-0.25, -0.2) is 0 Å². The first kappa shape index (κ1) is 7.91. The zero-order chi connectivity index (χ0) is 4.41. The normalized spacial score (nSPS) is 21.9. The number of hydrogen-bond acceptors (Lipinski definition) is 0. The van der Waals surface area contributed by atoms with Crippen molar-refractivity contribution < 1.29 is 19.5 Å². The summed E-state index contributed by atoms with van der Waals surface area (Å²) in [5.41, 5.74) is 0. The molecule has 1 fully saturated rings. The predicted octanol–water partition coefficient (Wildman–Crippen LogP) is 2.17. The molecule has 0 aliphatic heterocycles. The van der Waals surface area contributed by atoms with Crippen molar-refractivity contribution in [1.82, 2.24) is 0 Å². The van der Waals surface area contributed by atoms with Gasteiger partial charge >= 0.3 is 0 Å². The van der Waals surface area contributed by atoms with Gasteiger partial charge in [-0.05, 0) is 12.8 Å². The Bertz CT molecular complexity index is 41.3. The Morgan fingerprint density at radius 2 is 1.57 bits per heavy atom. The summed E-state index contributed by atoms with van der Waals surface area (Å²) in [6, 6.07) is 0. The molecule has 2 heteroatoms. The molecule has 0 nitrogen and oxygen atoms in total. The second-order valence-electron chi connectivity index (χ2n) is 1.88. The minimum Gasteiger partial charge on any atom is -0.123 e. The first-order valence-corrected chi connectivity index (χ1v) is 2.97. The summed E-state index contributed by atoms with van der Waals surface area (Å²) >= 11 is 5.71. The molecule has 7 heavy (non-hydrogen) atoms. The van der Waals surface area contributed by atoms with E-state index in [0.29, 0.717) is 5.38 Å². The van der Waals surface area contributed by atoms with E-state index < -0.39 is 0 Å². The van der Waals surface area contributed by atoms with E-state index >= 15 is 0 Å². The van der Waals surface area contributed by atoms with Gasteiger partial charge < -0.3 is 0 Å². The summed E-state index contributed by atoms with van der Waals surface area (Å²) in [5.74, 6) is 0. The monoisotopic (exact) mass is 168 g/mol. The van der Waals surface area contributed by atoms with Crippen molar-refractivity contribution in [2.75, 3.05) is 0 Å². The summed E-state index contributed by atoms with van der Waals surface area (Å²) < 4.78 is 0. The average molecular weight is 170 g/mol. The molecular formula is C5H9ClZn. The Hall–Kier alpha value is 0.913. The molecule has 1 rings (SSSR count). The molecule has 0 aromatic carbocycles. The summed E-state index contributed by atoms with van der Waals surface area (Å²) in [5, 5.41) is 0.519. The molecule has 1 aliphatic carbocycles.